The van der Waals surface area contributed by atoms with E-state index < -0.39 is 0 Å². The van der Waals surface area contributed by atoms with Crippen LogP contribution in [-0.4, -0.2) is 47.8 Å². The average Bonchev–Trinajstić information content (AvgIpc) is 3.29. The van der Waals surface area contributed by atoms with Crippen molar-refractivity contribution in [1.82, 2.24) is 9.80 Å². The van der Waals surface area contributed by atoms with E-state index in [1.54, 1.807) is 0 Å². The van der Waals surface area contributed by atoms with Crippen molar-refractivity contribution in [2.24, 2.45) is 40.9 Å². The predicted molar refractivity (Wildman–Crippen MR) is 107 cm³/mol. The van der Waals surface area contributed by atoms with Crippen molar-refractivity contribution in [3.05, 3.63) is 0 Å². The molecule has 7 aliphatic rings. The van der Waals surface area contributed by atoms with Gasteiger partial charge in [0.2, 0.25) is 11.8 Å². The first-order valence-electron chi connectivity index (χ1n) is 12.1. The second-order valence-corrected chi connectivity index (χ2v) is 11.5. The van der Waals surface area contributed by atoms with Crippen LogP contribution in [0.2, 0.25) is 0 Å². The Kier molecular flexibility index (Phi) is 4.11. The van der Waals surface area contributed by atoms with Crippen LogP contribution in [0.4, 0.5) is 0 Å². The Hall–Kier alpha value is -1.06. The van der Waals surface area contributed by atoms with Gasteiger partial charge in [-0.15, -0.1) is 0 Å². The molecule has 0 aromatic heterocycles. The molecule has 2 amide bonds. The number of hydrogen-bond acceptors (Lipinski definition) is 2. The SMILES string of the molecule is O=C(CC1CC2CCC1C2)N1CCN(C(=O)C23CC4CC(CC(C4)C2)C3)CC1. The van der Waals surface area contributed by atoms with E-state index in [4.69, 9.17) is 0 Å². The van der Waals surface area contributed by atoms with Crippen LogP contribution in [0, 0.1) is 40.9 Å². The number of carbonyl (C=O) groups is 2. The molecular weight excluding hydrogens is 348 g/mol. The van der Waals surface area contributed by atoms with Crippen LogP contribution in [0.25, 0.3) is 0 Å². The van der Waals surface area contributed by atoms with E-state index in [1.807, 2.05) is 0 Å². The molecule has 154 valence electrons. The third kappa shape index (κ3) is 2.84. The van der Waals surface area contributed by atoms with Crippen molar-refractivity contribution in [3.8, 4) is 0 Å². The minimum absolute atomic E-state index is 0.0238. The standard InChI is InChI=1S/C24H36N2O2/c27-22(12-21-11-16-1-2-20(21)10-16)25-3-5-26(6-4-25)23(28)24-13-17-7-18(14-24)9-19(8-17)15-24/h16-21H,1-15H2. The van der Waals surface area contributed by atoms with E-state index in [0.717, 1.165) is 81.5 Å². The van der Waals surface area contributed by atoms with E-state index in [9.17, 15) is 9.59 Å². The van der Waals surface area contributed by atoms with Gasteiger partial charge in [-0.1, -0.05) is 6.42 Å². The zero-order valence-corrected chi connectivity index (χ0v) is 17.3. The maximum Gasteiger partial charge on any atom is 0.228 e. The molecule has 0 aromatic rings. The summed E-state index contributed by atoms with van der Waals surface area (Å²) in [5.41, 5.74) is -0.0238. The van der Waals surface area contributed by atoms with Crippen LogP contribution >= 0.6 is 0 Å². The fourth-order valence-corrected chi connectivity index (χ4v) is 8.85. The Morgan fingerprint density at radius 1 is 0.714 bits per heavy atom. The van der Waals surface area contributed by atoms with E-state index in [2.05, 4.69) is 9.80 Å². The highest BCUT2D eigenvalue weighted by atomic mass is 16.2. The molecule has 0 aromatic carbocycles. The molecule has 1 saturated heterocycles. The predicted octanol–water partition coefficient (Wildman–Crippen LogP) is 3.70. The topological polar surface area (TPSA) is 40.6 Å². The van der Waals surface area contributed by atoms with E-state index in [-0.39, 0.29) is 5.41 Å². The van der Waals surface area contributed by atoms with E-state index in [1.165, 1.54) is 44.9 Å². The highest BCUT2D eigenvalue weighted by Crippen LogP contribution is 2.60. The van der Waals surface area contributed by atoms with Gasteiger partial charge in [0, 0.05) is 32.6 Å². The van der Waals surface area contributed by atoms with Gasteiger partial charge in [-0.3, -0.25) is 9.59 Å². The zero-order valence-electron chi connectivity index (χ0n) is 17.3. The first-order chi connectivity index (χ1) is 13.6. The first-order valence-corrected chi connectivity index (χ1v) is 12.1. The molecular formula is C24H36N2O2. The second kappa shape index (κ2) is 6.47. The van der Waals surface area contributed by atoms with Gasteiger partial charge < -0.3 is 9.80 Å². The Bertz CT molecular complexity index is 630. The molecule has 0 N–H and O–H groups in total. The maximum atomic E-state index is 13.5. The summed E-state index contributed by atoms with van der Waals surface area (Å²) in [4.78, 5) is 30.6. The highest BCUT2D eigenvalue weighted by molar-refractivity contribution is 5.84. The molecule has 1 heterocycles. The summed E-state index contributed by atoms with van der Waals surface area (Å²) in [5.74, 6) is 5.66. The lowest BCUT2D eigenvalue weighted by molar-refractivity contribution is -0.160. The Balaban J connectivity index is 1.05. The van der Waals surface area contributed by atoms with Crippen LogP contribution in [0.5, 0.6) is 0 Å². The molecule has 7 fully saturated rings. The Morgan fingerprint density at radius 3 is 1.86 bits per heavy atom. The normalized spacial score (nSPS) is 46.4. The lowest BCUT2D eigenvalue weighted by Gasteiger charge is -2.57. The largest absolute Gasteiger partial charge is 0.339 e. The molecule has 6 aliphatic carbocycles. The molecule has 4 heteroatoms. The summed E-state index contributed by atoms with van der Waals surface area (Å²) in [6.07, 6.45) is 13.8. The van der Waals surface area contributed by atoms with Gasteiger partial charge in [-0.2, -0.15) is 0 Å². The zero-order chi connectivity index (χ0) is 18.9. The third-order valence-corrected chi connectivity index (χ3v) is 9.73. The average molecular weight is 385 g/mol. The number of piperazine rings is 1. The summed E-state index contributed by atoms with van der Waals surface area (Å²) >= 11 is 0. The monoisotopic (exact) mass is 384 g/mol. The van der Waals surface area contributed by atoms with Crippen LogP contribution in [-0.2, 0) is 9.59 Å². The van der Waals surface area contributed by atoms with Gasteiger partial charge in [0.25, 0.3) is 0 Å². The molecule has 3 unspecified atom stereocenters. The van der Waals surface area contributed by atoms with Crippen molar-refractivity contribution in [1.29, 1.82) is 0 Å². The Labute approximate surface area is 169 Å². The van der Waals surface area contributed by atoms with Crippen molar-refractivity contribution < 1.29 is 9.59 Å². The number of hydrogen-bond donors (Lipinski definition) is 0. The lowest BCUT2D eigenvalue weighted by Crippen LogP contribution is -2.58. The number of nitrogens with zero attached hydrogens (tertiary/aromatic N) is 2. The lowest BCUT2D eigenvalue weighted by atomic mass is 9.49. The smallest absolute Gasteiger partial charge is 0.228 e. The number of amides is 2. The van der Waals surface area contributed by atoms with Crippen LogP contribution in [0.15, 0.2) is 0 Å². The van der Waals surface area contributed by atoms with Crippen LogP contribution in [0.3, 0.4) is 0 Å². The maximum absolute atomic E-state index is 13.5. The minimum Gasteiger partial charge on any atom is -0.339 e. The van der Waals surface area contributed by atoms with Crippen molar-refractivity contribution in [3.63, 3.8) is 0 Å². The van der Waals surface area contributed by atoms with Crippen molar-refractivity contribution >= 4 is 11.8 Å². The van der Waals surface area contributed by atoms with E-state index >= 15 is 0 Å². The van der Waals surface area contributed by atoms with Gasteiger partial charge in [0.05, 0.1) is 5.41 Å². The minimum atomic E-state index is -0.0238. The second-order valence-electron chi connectivity index (χ2n) is 11.5. The molecule has 3 atom stereocenters. The first kappa shape index (κ1) is 17.8. The summed E-state index contributed by atoms with van der Waals surface area (Å²) in [6.45, 7) is 3.06. The molecule has 7 rings (SSSR count). The van der Waals surface area contributed by atoms with Crippen molar-refractivity contribution in [2.45, 2.75) is 70.6 Å². The molecule has 1 aliphatic heterocycles. The molecule has 0 spiro atoms. The molecule has 6 bridgehead atoms. The van der Waals surface area contributed by atoms with Gasteiger partial charge in [-0.25, -0.2) is 0 Å². The summed E-state index contributed by atoms with van der Waals surface area (Å²) in [7, 11) is 0. The quantitative estimate of drug-likeness (QED) is 0.744. The van der Waals surface area contributed by atoms with Crippen LogP contribution in [0.1, 0.15) is 70.6 Å². The number of carbonyl (C=O) groups excluding carboxylic acids is 2. The summed E-state index contributed by atoms with van der Waals surface area (Å²) in [6, 6.07) is 0. The summed E-state index contributed by atoms with van der Waals surface area (Å²) in [5, 5.41) is 0. The fourth-order valence-electron chi connectivity index (χ4n) is 8.85. The fraction of sp³-hybridized carbons (Fsp3) is 0.917. The summed E-state index contributed by atoms with van der Waals surface area (Å²) < 4.78 is 0. The van der Waals surface area contributed by atoms with E-state index in [0.29, 0.717) is 17.7 Å². The number of fused-ring (bicyclic) bond motifs is 2. The molecule has 28 heavy (non-hydrogen) atoms. The van der Waals surface area contributed by atoms with Gasteiger partial charge in [0.1, 0.15) is 0 Å². The van der Waals surface area contributed by atoms with Gasteiger partial charge >= 0.3 is 0 Å². The van der Waals surface area contributed by atoms with Gasteiger partial charge in [-0.05, 0) is 93.3 Å². The van der Waals surface area contributed by atoms with Crippen molar-refractivity contribution in [2.75, 3.05) is 26.2 Å². The molecule has 0 radical (unpaired) electrons. The highest BCUT2D eigenvalue weighted by Gasteiger charge is 2.55. The molecule has 6 saturated carbocycles. The number of rotatable bonds is 3. The van der Waals surface area contributed by atoms with Gasteiger partial charge in [0.15, 0.2) is 0 Å². The molecule has 4 nitrogen and oxygen atoms in total. The van der Waals surface area contributed by atoms with Crippen LogP contribution < -0.4 is 0 Å². The Morgan fingerprint density at radius 2 is 1.32 bits per heavy atom. The third-order valence-electron chi connectivity index (χ3n) is 9.73.